The fourth-order valence-corrected chi connectivity index (χ4v) is 3.60. The number of para-hydroxylation sites is 1. The van der Waals surface area contributed by atoms with Gasteiger partial charge in [0.1, 0.15) is 11.4 Å². The van der Waals surface area contributed by atoms with E-state index >= 15 is 0 Å². The molecule has 110 valence electrons. The summed E-state index contributed by atoms with van der Waals surface area (Å²) in [5.41, 5.74) is 0.915. The molecule has 0 aliphatic heterocycles. The van der Waals surface area contributed by atoms with Crippen molar-refractivity contribution in [3.8, 4) is 0 Å². The Morgan fingerprint density at radius 1 is 1.29 bits per heavy atom. The normalized spacial score (nSPS) is 17.0. The number of carbonyl (C=O) groups excluding carboxylic acids is 1. The molecule has 5 heteroatoms. The Morgan fingerprint density at radius 2 is 2.05 bits per heavy atom. The molecule has 0 spiro atoms. The molecule has 1 N–H and O–H groups in total. The average molecular weight is 301 g/mol. The van der Waals surface area contributed by atoms with Crippen LogP contribution in [0.1, 0.15) is 32.6 Å². The SMILES string of the molecule is C[C@H](Sc1ncnc2ccccc12)C(=O)NC1CCCC1. The highest BCUT2D eigenvalue weighted by Gasteiger charge is 2.22. The molecular weight excluding hydrogens is 282 g/mol. The third-order valence-electron chi connectivity index (χ3n) is 3.87. The molecule has 4 nitrogen and oxygen atoms in total. The number of rotatable bonds is 4. The third kappa shape index (κ3) is 3.35. The lowest BCUT2D eigenvalue weighted by molar-refractivity contribution is -0.120. The number of carbonyl (C=O) groups is 1. The summed E-state index contributed by atoms with van der Waals surface area (Å²) in [6, 6.07) is 8.26. The van der Waals surface area contributed by atoms with E-state index in [1.165, 1.54) is 24.6 Å². The van der Waals surface area contributed by atoms with Crippen LogP contribution in [-0.2, 0) is 4.79 Å². The van der Waals surface area contributed by atoms with E-state index in [9.17, 15) is 4.79 Å². The molecule has 1 atom stereocenters. The van der Waals surface area contributed by atoms with Crippen LogP contribution < -0.4 is 5.32 Å². The number of nitrogens with one attached hydrogen (secondary N) is 1. The summed E-state index contributed by atoms with van der Waals surface area (Å²) >= 11 is 1.50. The van der Waals surface area contributed by atoms with Gasteiger partial charge in [-0.25, -0.2) is 9.97 Å². The van der Waals surface area contributed by atoms with Crippen molar-refractivity contribution >= 4 is 28.6 Å². The van der Waals surface area contributed by atoms with E-state index in [0.717, 1.165) is 28.8 Å². The number of amides is 1. The summed E-state index contributed by atoms with van der Waals surface area (Å²) in [6.45, 7) is 1.94. The first-order valence-corrected chi connectivity index (χ1v) is 8.29. The lowest BCUT2D eigenvalue weighted by Crippen LogP contribution is -2.37. The second-order valence-corrected chi connectivity index (χ2v) is 6.78. The maximum absolute atomic E-state index is 12.3. The molecule has 21 heavy (non-hydrogen) atoms. The highest BCUT2D eigenvalue weighted by Crippen LogP contribution is 2.28. The van der Waals surface area contributed by atoms with Crippen LogP contribution in [0.25, 0.3) is 10.9 Å². The Kier molecular flexibility index (Phi) is 4.39. The van der Waals surface area contributed by atoms with Gasteiger partial charge in [-0.15, -0.1) is 0 Å². The summed E-state index contributed by atoms with van der Waals surface area (Å²) in [5, 5.41) is 4.87. The number of benzene rings is 1. The van der Waals surface area contributed by atoms with Crippen molar-refractivity contribution in [2.24, 2.45) is 0 Å². The molecule has 2 aromatic rings. The van der Waals surface area contributed by atoms with E-state index in [0.29, 0.717) is 6.04 Å². The number of aromatic nitrogens is 2. The second kappa shape index (κ2) is 6.43. The Morgan fingerprint density at radius 3 is 2.86 bits per heavy atom. The van der Waals surface area contributed by atoms with Crippen molar-refractivity contribution < 1.29 is 4.79 Å². The summed E-state index contributed by atoms with van der Waals surface area (Å²) in [5.74, 6) is 0.106. The summed E-state index contributed by atoms with van der Waals surface area (Å²) in [7, 11) is 0. The Hall–Kier alpha value is -1.62. The van der Waals surface area contributed by atoms with Gasteiger partial charge in [0.25, 0.3) is 0 Å². The Labute approximate surface area is 128 Å². The first-order valence-electron chi connectivity index (χ1n) is 7.41. The first kappa shape index (κ1) is 14.3. The second-order valence-electron chi connectivity index (χ2n) is 5.45. The summed E-state index contributed by atoms with van der Waals surface area (Å²) < 4.78 is 0. The molecule has 3 rings (SSSR count). The fourth-order valence-electron chi connectivity index (χ4n) is 2.68. The van der Waals surface area contributed by atoms with E-state index in [-0.39, 0.29) is 11.2 Å². The standard InChI is InChI=1S/C16H19N3OS/c1-11(15(20)19-12-6-2-3-7-12)21-16-13-8-4-5-9-14(13)17-10-18-16/h4-5,8-12H,2-3,6-7H2,1H3,(H,19,20)/t11-/m0/s1. The lowest BCUT2D eigenvalue weighted by atomic mass is 10.2. The molecular formula is C16H19N3OS. The largest absolute Gasteiger partial charge is 0.352 e. The van der Waals surface area contributed by atoms with Gasteiger partial charge >= 0.3 is 0 Å². The van der Waals surface area contributed by atoms with Crippen molar-refractivity contribution in [3.63, 3.8) is 0 Å². The minimum Gasteiger partial charge on any atom is -0.352 e. The molecule has 1 saturated carbocycles. The predicted octanol–water partition coefficient (Wildman–Crippen LogP) is 3.17. The van der Waals surface area contributed by atoms with E-state index < -0.39 is 0 Å². The van der Waals surface area contributed by atoms with Gasteiger partial charge < -0.3 is 5.32 Å². The third-order valence-corrected chi connectivity index (χ3v) is 4.98. The predicted molar refractivity (Wildman–Crippen MR) is 85.3 cm³/mol. The maximum Gasteiger partial charge on any atom is 0.233 e. The van der Waals surface area contributed by atoms with Crippen molar-refractivity contribution in [2.75, 3.05) is 0 Å². The van der Waals surface area contributed by atoms with Crippen LogP contribution in [0, 0.1) is 0 Å². The zero-order valence-electron chi connectivity index (χ0n) is 12.1. The molecule has 0 saturated heterocycles. The number of hydrogen-bond acceptors (Lipinski definition) is 4. The smallest absolute Gasteiger partial charge is 0.233 e. The van der Waals surface area contributed by atoms with Crippen LogP contribution in [0.3, 0.4) is 0 Å². The summed E-state index contributed by atoms with van der Waals surface area (Å²) in [6.07, 6.45) is 6.23. The van der Waals surface area contributed by atoms with Gasteiger partial charge in [0, 0.05) is 11.4 Å². The number of fused-ring (bicyclic) bond motifs is 1. The van der Waals surface area contributed by atoms with Gasteiger partial charge in [-0.2, -0.15) is 0 Å². The lowest BCUT2D eigenvalue weighted by Gasteiger charge is -2.16. The van der Waals surface area contributed by atoms with Gasteiger partial charge in [0.2, 0.25) is 5.91 Å². The van der Waals surface area contributed by atoms with E-state index in [1.807, 2.05) is 31.2 Å². The molecule has 0 radical (unpaired) electrons. The highest BCUT2D eigenvalue weighted by molar-refractivity contribution is 8.00. The minimum atomic E-state index is -0.149. The molecule has 1 aliphatic rings. The molecule has 0 bridgehead atoms. The fraction of sp³-hybridized carbons (Fsp3) is 0.438. The van der Waals surface area contributed by atoms with Crippen LogP contribution in [0.4, 0.5) is 0 Å². The Bertz CT molecular complexity index is 635. The van der Waals surface area contributed by atoms with Gasteiger partial charge in [-0.3, -0.25) is 4.79 Å². The molecule has 1 amide bonds. The average Bonchev–Trinajstić information content (AvgIpc) is 3.00. The molecule has 1 fully saturated rings. The van der Waals surface area contributed by atoms with Gasteiger partial charge in [-0.1, -0.05) is 42.8 Å². The summed E-state index contributed by atoms with van der Waals surface area (Å²) in [4.78, 5) is 20.8. The number of nitrogens with zero attached hydrogens (tertiary/aromatic N) is 2. The van der Waals surface area contributed by atoms with Crippen molar-refractivity contribution in [3.05, 3.63) is 30.6 Å². The van der Waals surface area contributed by atoms with E-state index in [1.54, 1.807) is 6.33 Å². The monoisotopic (exact) mass is 301 g/mol. The Balaban J connectivity index is 1.70. The maximum atomic E-state index is 12.3. The zero-order chi connectivity index (χ0) is 14.7. The quantitative estimate of drug-likeness (QED) is 0.696. The zero-order valence-corrected chi connectivity index (χ0v) is 12.9. The van der Waals surface area contributed by atoms with Crippen LogP contribution in [0.2, 0.25) is 0 Å². The van der Waals surface area contributed by atoms with Crippen LogP contribution >= 0.6 is 11.8 Å². The number of thioether (sulfide) groups is 1. The molecule has 1 aromatic heterocycles. The van der Waals surface area contributed by atoms with Gasteiger partial charge in [-0.05, 0) is 25.8 Å². The van der Waals surface area contributed by atoms with Crippen LogP contribution in [0.15, 0.2) is 35.6 Å². The van der Waals surface area contributed by atoms with Crippen LogP contribution in [0.5, 0.6) is 0 Å². The van der Waals surface area contributed by atoms with Gasteiger partial charge in [0.05, 0.1) is 10.8 Å². The van der Waals surface area contributed by atoms with E-state index in [4.69, 9.17) is 0 Å². The molecule has 1 heterocycles. The topological polar surface area (TPSA) is 54.9 Å². The minimum absolute atomic E-state index is 0.106. The van der Waals surface area contributed by atoms with Crippen LogP contribution in [-0.4, -0.2) is 27.2 Å². The number of hydrogen-bond donors (Lipinski definition) is 1. The van der Waals surface area contributed by atoms with E-state index in [2.05, 4.69) is 15.3 Å². The van der Waals surface area contributed by atoms with Crippen molar-refractivity contribution in [1.82, 2.24) is 15.3 Å². The van der Waals surface area contributed by atoms with Crippen molar-refractivity contribution in [2.45, 2.75) is 48.9 Å². The van der Waals surface area contributed by atoms with Crippen molar-refractivity contribution in [1.29, 1.82) is 0 Å². The highest BCUT2D eigenvalue weighted by atomic mass is 32.2. The molecule has 0 unspecified atom stereocenters. The molecule has 1 aliphatic carbocycles. The van der Waals surface area contributed by atoms with Gasteiger partial charge in [0.15, 0.2) is 0 Å². The molecule has 1 aromatic carbocycles. The first-order chi connectivity index (χ1) is 10.2.